The first-order chi connectivity index (χ1) is 9.58. The summed E-state index contributed by atoms with van der Waals surface area (Å²) in [7, 11) is 0. The van der Waals surface area contributed by atoms with E-state index in [2.05, 4.69) is 0 Å². The second kappa shape index (κ2) is 7.07. The van der Waals surface area contributed by atoms with Gasteiger partial charge in [0.2, 0.25) is 0 Å². The minimum Gasteiger partial charge on any atom is -0.330 e. The number of nitrogens with two attached hydrogens (primary N) is 1. The SMILES string of the molecule is NCC(Cc1ccc(Cl)cc1)Cc1ccc(F)cc1Cl. The summed E-state index contributed by atoms with van der Waals surface area (Å²) >= 11 is 11.9. The van der Waals surface area contributed by atoms with Crippen molar-refractivity contribution < 1.29 is 4.39 Å². The standard InChI is InChI=1S/C16H16Cl2FN/c17-14-4-1-11(2-5-14)7-12(10-20)8-13-3-6-15(19)9-16(13)18/h1-6,9,12H,7-8,10,20H2. The molecule has 0 amide bonds. The van der Waals surface area contributed by atoms with Crippen molar-refractivity contribution in [3.05, 3.63) is 69.5 Å². The van der Waals surface area contributed by atoms with Crippen LogP contribution in [0.15, 0.2) is 42.5 Å². The lowest BCUT2D eigenvalue weighted by atomic mass is 9.92. The number of hydrogen-bond donors (Lipinski definition) is 1. The van der Waals surface area contributed by atoms with Gasteiger partial charge in [-0.05, 0) is 60.7 Å². The highest BCUT2D eigenvalue weighted by Gasteiger charge is 2.12. The minimum absolute atomic E-state index is 0.263. The highest BCUT2D eigenvalue weighted by molar-refractivity contribution is 6.31. The lowest BCUT2D eigenvalue weighted by Gasteiger charge is -2.16. The van der Waals surface area contributed by atoms with Crippen molar-refractivity contribution in [2.24, 2.45) is 11.7 Å². The van der Waals surface area contributed by atoms with Crippen LogP contribution >= 0.6 is 23.2 Å². The van der Waals surface area contributed by atoms with Gasteiger partial charge in [-0.2, -0.15) is 0 Å². The van der Waals surface area contributed by atoms with E-state index in [0.29, 0.717) is 11.6 Å². The van der Waals surface area contributed by atoms with Crippen LogP contribution in [-0.4, -0.2) is 6.54 Å². The second-order valence-electron chi connectivity index (χ2n) is 4.87. The van der Waals surface area contributed by atoms with E-state index in [1.54, 1.807) is 6.07 Å². The predicted molar refractivity (Wildman–Crippen MR) is 82.8 cm³/mol. The van der Waals surface area contributed by atoms with Crippen LogP contribution in [0.4, 0.5) is 4.39 Å². The second-order valence-corrected chi connectivity index (χ2v) is 5.72. The van der Waals surface area contributed by atoms with E-state index in [1.807, 2.05) is 24.3 Å². The van der Waals surface area contributed by atoms with Gasteiger partial charge >= 0.3 is 0 Å². The summed E-state index contributed by atoms with van der Waals surface area (Å²) in [6.45, 7) is 0.552. The third kappa shape index (κ3) is 4.20. The molecule has 1 nitrogen and oxygen atoms in total. The Morgan fingerprint density at radius 2 is 1.70 bits per heavy atom. The summed E-state index contributed by atoms with van der Waals surface area (Å²) in [5.74, 6) is -0.0557. The molecule has 20 heavy (non-hydrogen) atoms. The Morgan fingerprint density at radius 1 is 1.00 bits per heavy atom. The molecule has 0 saturated carbocycles. The lowest BCUT2D eigenvalue weighted by Crippen LogP contribution is -2.19. The van der Waals surface area contributed by atoms with Gasteiger partial charge in [-0.3, -0.25) is 0 Å². The van der Waals surface area contributed by atoms with Crippen LogP contribution in [0.2, 0.25) is 10.0 Å². The quantitative estimate of drug-likeness (QED) is 0.865. The van der Waals surface area contributed by atoms with Crippen LogP contribution in [0, 0.1) is 11.7 Å². The largest absolute Gasteiger partial charge is 0.330 e. The van der Waals surface area contributed by atoms with Gasteiger partial charge in [-0.1, -0.05) is 41.4 Å². The topological polar surface area (TPSA) is 26.0 Å². The van der Waals surface area contributed by atoms with E-state index in [-0.39, 0.29) is 11.7 Å². The molecular formula is C16H16Cl2FN. The van der Waals surface area contributed by atoms with Gasteiger partial charge in [0.1, 0.15) is 5.82 Å². The highest BCUT2D eigenvalue weighted by Crippen LogP contribution is 2.22. The molecule has 4 heteroatoms. The monoisotopic (exact) mass is 311 g/mol. The molecule has 2 N–H and O–H groups in total. The van der Waals surface area contributed by atoms with Crippen LogP contribution in [-0.2, 0) is 12.8 Å². The van der Waals surface area contributed by atoms with Crippen molar-refractivity contribution in [1.82, 2.24) is 0 Å². The molecule has 106 valence electrons. The summed E-state index contributed by atoms with van der Waals surface area (Å²) in [4.78, 5) is 0. The van der Waals surface area contributed by atoms with E-state index in [1.165, 1.54) is 17.7 Å². The van der Waals surface area contributed by atoms with Gasteiger partial charge in [0.25, 0.3) is 0 Å². The number of hydrogen-bond acceptors (Lipinski definition) is 1. The molecular weight excluding hydrogens is 296 g/mol. The summed E-state index contributed by atoms with van der Waals surface area (Å²) in [5, 5.41) is 1.18. The predicted octanol–water partition coefficient (Wildman–Crippen LogP) is 4.49. The fourth-order valence-electron chi connectivity index (χ4n) is 2.19. The Bertz CT molecular complexity index is 569. The third-order valence-corrected chi connectivity index (χ3v) is 3.90. The average Bonchev–Trinajstić information content (AvgIpc) is 2.43. The summed E-state index contributed by atoms with van der Waals surface area (Å²) in [5.41, 5.74) is 7.95. The fraction of sp³-hybridized carbons (Fsp3) is 0.250. The summed E-state index contributed by atoms with van der Waals surface area (Å²) < 4.78 is 13.0. The molecule has 1 atom stereocenters. The van der Waals surface area contributed by atoms with Crippen molar-refractivity contribution in [1.29, 1.82) is 0 Å². The van der Waals surface area contributed by atoms with Crippen molar-refractivity contribution >= 4 is 23.2 Å². The smallest absolute Gasteiger partial charge is 0.124 e. The highest BCUT2D eigenvalue weighted by atomic mass is 35.5. The molecule has 0 radical (unpaired) electrons. The summed E-state index contributed by atoms with van der Waals surface area (Å²) in [6.07, 6.45) is 1.58. The van der Waals surface area contributed by atoms with E-state index in [4.69, 9.17) is 28.9 Å². The zero-order valence-corrected chi connectivity index (χ0v) is 12.5. The number of halogens is 3. The van der Waals surface area contributed by atoms with Gasteiger partial charge in [0, 0.05) is 10.0 Å². The first kappa shape index (κ1) is 15.3. The molecule has 1 unspecified atom stereocenters. The molecule has 0 aromatic heterocycles. The van der Waals surface area contributed by atoms with E-state index in [9.17, 15) is 4.39 Å². The maximum Gasteiger partial charge on any atom is 0.124 e. The molecule has 0 spiro atoms. The Labute approximate surface area is 128 Å². The van der Waals surface area contributed by atoms with E-state index in [0.717, 1.165) is 23.4 Å². The molecule has 0 saturated heterocycles. The van der Waals surface area contributed by atoms with Crippen molar-refractivity contribution in [2.75, 3.05) is 6.54 Å². The van der Waals surface area contributed by atoms with Crippen LogP contribution in [0.5, 0.6) is 0 Å². The summed E-state index contributed by atoms with van der Waals surface area (Å²) in [6, 6.07) is 12.2. The first-order valence-corrected chi connectivity index (χ1v) is 7.22. The molecule has 2 aromatic carbocycles. The molecule has 2 rings (SSSR count). The molecule has 0 aliphatic rings. The maximum atomic E-state index is 13.0. The van der Waals surface area contributed by atoms with Crippen LogP contribution in [0.3, 0.4) is 0 Å². The first-order valence-electron chi connectivity index (χ1n) is 6.47. The van der Waals surface area contributed by atoms with E-state index < -0.39 is 0 Å². The van der Waals surface area contributed by atoms with Crippen molar-refractivity contribution in [3.63, 3.8) is 0 Å². The van der Waals surface area contributed by atoms with Crippen molar-refractivity contribution in [3.8, 4) is 0 Å². The Balaban J connectivity index is 2.07. The zero-order chi connectivity index (χ0) is 14.5. The maximum absolute atomic E-state index is 13.0. The van der Waals surface area contributed by atoms with Crippen LogP contribution in [0.1, 0.15) is 11.1 Å². The minimum atomic E-state index is -0.319. The Hall–Kier alpha value is -1.09. The fourth-order valence-corrected chi connectivity index (χ4v) is 2.56. The van der Waals surface area contributed by atoms with E-state index >= 15 is 0 Å². The van der Waals surface area contributed by atoms with Crippen LogP contribution in [0.25, 0.3) is 0 Å². The van der Waals surface area contributed by atoms with Gasteiger partial charge < -0.3 is 5.73 Å². The van der Waals surface area contributed by atoms with Gasteiger partial charge in [0.05, 0.1) is 0 Å². The molecule has 0 aliphatic carbocycles. The number of rotatable bonds is 5. The van der Waals surface area contributed by atoms with Gasteiger partial charge in [0.15, 0.2) is 0 Å². The normalized spacial score (nSPS) is 12.4. The van der Waals surface area contributed by atoms with Crippen molar-refractivity contribution in [2.45, 2.75) is 12.8 Å². The molecule has 0 aliphatic heterocycles. The Morgan fingerprint density at radius 3 is 2.30 bits per heavy atom. The van der Waals surface area contributed by atoms with Gasteiger partial charge in [-0.15, -0.1) is 0 Å². The Kier molecular flexibility index (Phi) is 5.41. The average molecular weight is 312 g/mol. The van der Waals surface area contributed by atoms with Gasteiger partial charge in [-0.25, -0.2) is 4.39 Å². The number of benzene rings is 2. The zero-order valence-electron chi connectivity index (χ0n) is 11.0. The lowest BCUT2D eigenvalue weighted by molar-refractivity contribution is 0.532. The molecule has 0 fully saturated rings. The molecule has 0 heterocycles. The van der Waals surface area contributed by atoms with Crippen LogP contribution < -0.4 is 5.73 Å². The third-order valence-electron chi connectivity index (χ3n) is 3.29. The molecule has 0 bridgehead atoms. The molecule has 2 aromatic rings.